The Morgan fingerprint density at radius 2 is 2.08 bits per heavy atom. The molecule has 1 atom stereocenters. The van der Waals surface area contributed by atoms with E-state index in [4.69, 9.17) is 10.00 Å². The first-order valence-electron chi connectivity index (χ1n) is 6.95. The van der Waals surface area contributed by atoms with Gasteiger partial charge in [0.25, 0.3) is 0 Å². The van der Waals surface area contributed by atoms with E-state index >= 15 is 0 Å². The minimum atomic E-state index is -0.650. The number of nitrogens with zero attached hydrogens (tertiary/aromatic N) is 3. The van der Waals surface area contributed by atoms with Crippen molar-refractivity contribution in [2.45, 2.75) is 12.5 Å². The molecule has 24 heavy (non-hydrogen) atoms. The lowest BCUT2D eigenvalue weighted by Gasteiger charge is -2.34. The fraction of sp³-hybridized carbons (Fsp3) is 0.500. The number of hydrogen-bond donors (Lipinski definition) is 2. The Morgan fingerprint density at radius 3 is 2.58 bits per heavy atom. The van der Waals surface area contributed by atoms with Gasteiger partial charge in [0.1, 0.15) is 0 Å². The maximum absolute atomic E-state index is 11.1. The molecule has 1 aromatic rings. The Morgan fingerprint density at radius 1 is 1.46 bits per heavy atom. The van der Waals surface area contributed by atoms with Crippen molar-refractivity contribution in [1.82, 2.24) is 10.2 Å². The number of hydrogen-bond acceptors (Lipinski definition) is 7. The van der Waals surface area contributed by atoms with Gasteiger partial charge in [-0.3, -0.25) is 15.0 Å². The SMILES string of the molecule is COc1cc([C@@H](CC#N)N2CCNCC2)cc([N+](=O)[O-])c1O.Cl.Cl. The van der Waals surface area contributed by atoms with Crippen molar-refractivity contribution in [1.29, 1.82) is 5.26 Å². The van der Waals surface area contributed by atoms with Gasteiger partial charge in [-0.2, -0.15) is 5.26 Å². The summed E-state index contributed by atoms with van der Waals surface area (Å²) in [7, 11) is 1.34. The highest BCUT2D eigenvalue weighted by Gasteiger charge is 2.27. The number of phenols is 1. The topological polar surface area (TPSA) is 112 Å². The van der Waals surface area contributed by atoms with Gasteiger partial charge in [0.2, 0.25) is 5.75 Å². The summed E-state index contributed by atoms with van der Waals surface area (Å²) in [5.41, 5.74) is 0.192. The van der Waals surface area contributed by atoms with Crippen LogP contribution in [0.5, 0.6) is 11.5 Å². The van der Waals surface area contributed by atoms with Crippen LogP contribution in [-0.4, -0.2) is 48.2 Å². The van der Waals surface area contributed by atoms with E-state index in [1.54, 1.807) is 6.07 Å². The molecule has 0 unspecified atom stereocenters. The Balaban J connectivity index is 0.00000264. The summed E-state index contributed by atoms with van der Waals surface area (Å²) in [6.45, 7) is 3.12. The number of nitro groups is 1. The van der Waals surface area contributed by atoms with E-state index in [-0.39, 0.29) is 43.0 Å². The molecule has 0 bridgehead atoms. The number of benzene rings is 1. The second-order valence-corrected chi connectivity index (χ2v) is 5.01. The monoisotopic (exact) mass is 378 g/mol. The first-order valence-corrected chi connectivity index (χ1v) is 6.95. The predicted molar refractivity (Wildman–Crippen MR) is 93.2 cm³/mol. The number of piperazine rings is 1. The van der Waals surface area contributed by atoms with Gasteiger partial charge in [-0.25, -0.2) is 0 Å². The Labute approximate surface area is 152 Å². The quantitative estimate of drug-likeness (QED) is 0.595. The highest BCUT2D eigenvalue weighted by atomic mass is 35.5. The lowest BCUT2D eigenvalue weighted by Crippen LogP contribution is -2.45. The summed E-state index contributed by atoms with van der Waals surface area (Å²) in [5, 5.41) is 33.3. The zero-order valence-corrected chi connectivity index (χ0v) is 14.7. The van der Waals surface area contributed by atoms with Crippen LogP contribution in [0.25, 0.3) is 0 Å². The summed E-state index contributed by atoms with van der Waals surface area (Å²) in [6, 6.07) is 4.75. The van der Waals surface area contributed by atoms with E-state index in [1.165, 1.54) is 13.2 Å². The Kier molecular flexibility index (Phi) is 9.40. The first-order chi connectivity index (χ1) is 10.6. The van der Waals surface area contributed by atoms with E-state index in [1.807, 2.05) is 0 Å². The zero-order valence-electron chi connectivity index (χ0n) is 13.1. The number of methoxy groups -OCH3 is 1. The van der Waals surface area contributed by atoms with E-state index in [2.05, 4.69) is 16.3 Å². The van der Waals surface area contributed by atoms with Crippen LogP contribution < -0.4 is 10.1 Å². The van der Waals surface area contributed by atoms with Crippen LogP contribution in [0, 0.1) is 21.4 Å². The van der Waals surface area contributed by atoms with Gasteiger partial charge >= 0.3 is 5.69 Å². The van der Waals surface area contributed by atoms with Crippen LogP contribution in [0.2, 0.25) is 0 Å². The standard InChI is InChI=1S/C14H18N4O4.2ClH/c1-22-13-9-10(8-12(14(13)19)18(20)21)11(2-3-15)17-6-4-16-5-7-17;;/h8-9,11,16,19H,2,4-7H2,1H3;2*1H/t11-;;/m1../s1. The molecule has 1 aromatic carbocycles. The minimum absolute atomic E-state index is 0. The molecule has 0 radical (unpaired) electrons. The largest absolute Gasteiger partial charge is 0.500 e. The molecule has 8 nitrogen and oxygen atoms in total. The summed E-state index contributed by atoms with van der Waals surface area (Å²) in [4.78, 5) is 12.6. The van der Waals surface area contributed by atoms with Crippen LogP contribution in [-0.2, 0) is 0 Å². The lowest BCUT2D eigenvalue weighted by atomic mass is 10.00. The van der Waals surface area contributed by atoms with Gasteiger partial charge in [0.15, 0.2) is 5.75 Å². The van der Waals surface area contributed by atoms with Crippen LogP contribution in [0.4, 0.5) is 5.69 Å². The number of halogens is 2. The third-order valence-electron chi connectivity index (χ3n) is 3.76. The molecule has 1 fully saturated rings. The number of phenolic OH excluding ortho intramolecular Hbond substituents is 1. The molecule has 2 rings (SSSR count). The Bertz CT molecular complexity index is 603. The van der Waals surface area contributed by atoms with Crippen molar-refractivity contribution in [2.24, 2.45) is 0 Å². The van der Waals surface area contributed by atoms with Gasteiger partial charge in [0.05, 0.1) is 24.5 Å². The van der Waals surface area contributed by atoms with Gasteiger partial charge < -0.3 is 15.2 Å². The molecule has 134 valence electrons. The smallest absolute Gasteiger partial charge is 0.314 e. The third-order valence-corrected chi connectivity index (χ3v) is 3.76. The number of rotatable bonds is 5. The molecule has 2 N–H and O–H groups in total. The average Bonchev–Trinajstić information content (AvgIpc) is 2.53. The molecule has 10 heteroatoms. The van der Waals surface area contributed by atoms with Crippen molar-refractivity contribution < 1.29 is 14.8 Å². The fourth-order valence-electron chi connectivity index (χ4n) is 2.64. The summed E-state index contributed by atoms with van der Waals surface area (Å²) < 4.78 is 5.02. The van der Waals surface area contributed by atoms with Crippen LogP contribution >= 0.6 is 24.8 Å². The Hall–Kier alpha value is -1.79. The number of nitriles is 1. The molecule has 0 saturated carbocycles. The molecule has 0 aliphatic carbocycles. The van der Waals surface area contributed by atoms with Gasteiger partial charge in [-0.05, 0) is 11.6 Å². The van der Waals surface area contributed by atoms with Crippen molar-refractivity contribution >= 4 is 30.5 Å². The van der Waals surface area contributed by atoms with Crippen LogP contribution in [0.15, 0.2) is 12.1 Å². The van der Waals surface area contributed by atoms with Crippen LogP contribution in [0.1, 0.15) is 18.0 Å². The van der Waals surface area contributed by atoms with E-state index in [0.29, 0.717) is 5.56 Å². The maximum Gasteiger partial charge on any atom is 0.314 e. The molecular weight excluding hydrogens is 359 g/mol. The number of aromatic hydroxyl groups is 1. The number of nitro benzene ring substituents is 1. The zero-order chi connectivity index (χ0) is 16.1. The minimum Gasteiger partial charge on any atom is -0.500 e. The van der Waals surface area contributed by atoms with Crippen LogP contribution in [0.3, 0.4) is 0 Å². The molecular formula is C14H20Cl2N4O4. The second-order valence-electron chi connectivity index (χ2n) is 5.01. The highest BCUT2D eigenvalue weighted by Crippen LogP contribution is 2.40. The number of nitrogens with one attached hydrogen (secondary N) is 1. The first kappa shape index (κ1) is 22.2. The van der Waals surface area contributed by atoms with E-state index in [0.717, 1.165) is 26.2 Å². The maximum atomic E-state index is 11.1. The molecule has 1 aliphatic rings. The molecule has 0 aromatic heterocycles. The normalized spacial score (nSPS) is 15.3. The molecule has 1 saturated heterocycles. The van der Waals surface area contributed by atoms with E-state index < -0.39 is 16.4 Å². The van der Waals surface area contributed by atoms with Crippen molar-refractivity contribution in [3.63, 3.8) is 0 Å². The fourth-order valence-corrected chi connectivity index (χ4v) is 2.64. The molecule has 1 heterocycles. The molecule has 0 amide bonds. The van der Waals surface area contributed by atoms with Gasteiger partial charge in [0, 0.05) is 38.3 Å². The van der Waals surface area contributed by atoms with Crippen molar-refractivity contribution in [3.05, 3.63) is 27.8 Å². The predicted octanol–water partition coefficient (Wildman–Crippen LogP) is 2.01. The average molecular weight is 379 g/mol. The van der Waals surface area contributed by atoms with E-state index in [9.17, 15) is 15.2 Å². The van der Waals surface area contributed by atoms with Crippen molar-refractivity contribution in [2.75, 3.05) is 33.3 Å². The summed E-state index contributed by atoms with van der Waals surface area (Å²) >= 11 is 0. The molecule has 0 spiro atoms. The number of ether oxygens (including phenoxy) is 1. The highest BCUT2D eigenvalue weighted by molar-refractivity contribution is 5.85. The van der Waals surface area contributed by atoms with Gasteiger partial charge in [-0.1, -0.05) is 0 Å². The summed E-state index contributed by atoms with van der Waals surface area (Å²) in [6.07, 6.45) is 0.213. The summed E-state index contributed by atoms with van der Waals surface area (Å²) in [5.74, 6) is -0.449. The van der Waals surface area contributed by atoms with Crippen molar-refractivity contribution in [3.8, 4) is 17.6 Å². The third kappa shape index (κ3) is 4.85. The van der Waals surface area contributed by atoms with Gasteiger partial charge in [-0.15, -0.1) is 24.8 Å². The molecule has 1 aliphatic heterocycles. The second kappa shape index (κ2) is 10.2. The lowest BCUT2D eigenvalue weighted by molar-refractivity contribution is -0.386.